The van der Waals surface area contributed by atoms with Crippen LogP contribution in [-0.2, 0) is 0 Å². The maximum atomic E-state index is 10.2. The summed E-state index contributed by atoms with van der Waals surface area (Å²) in [4.78, 5) is 0. The van der Waals surface area contributed by atoms with Gasteiger partial charge in [-0.3, -0.25) is 0 Å². The fraction of sp³-hybridized carbons (Fsp3) is 0.833. The fourth-order valence-electron chi connectivity index (χ4n) is 2.29. The van der Waals surface area contributed by atoms with Crippen molar-refractivity contribution < 1.29 is 5.11 Å². The molecule has 0 aromatic rings. The van der Waals surface area contributed by atoms with Crippen molar-refractivity contribution in [2.45, 2.75) is 45.6 Å². The smallest absolute Gasteiger partial charge is 0.0853 e. The molecule has 1 N–H and O–H groups in total. The van der Waals surface area contributed by atoms with Crippen LogP contribution in [0.4, 0.5) is 0 Å². The highest BCUT2D eigenvalue weighted by atomic mass is 16.3. The average Bonchev–Trinajstić information content (AvgIpc) is 2.09. The van der Waals surface area contributed by atoms with Crippen molar-refractivity contribution in [2.75, 3.05) is 0 Å². The van der Waals surface area contributed by atoms with Crippen LogP contribution in [-0.4, -0.2) is 10.7 Å². The van der Waals surface area contributed by atoms with Crippen molar-refractivity contribution in [3.05, 3.63) is 12.7 Å². The fourth-order valence-corrected chi connectivity index (χ4v) is 2.29. The van der Waals surface area contributed by atoms with E-state index in [9.17, 15) is 5.11 Å². The molecule has 0 unspecified atom stereocenters. The van der Waals surface area contributed by atoms with Crippen molar-refractivity contribution in [2.24, 2.45) is 17.8 Å². The van der Waals surface area contributed by atoms with Gasteiger partial charge in [0.05, 0.1) is 5.60 Å². The van der Waals surface area contributed by atoms with Crippen molar-refractivity contribution in [3.63, 3.8) is 0 Å². The van der Waals surface area contributed by atoms with Crippen LogP contribution in [0.25, 0.3) is 0 Å². The van der Waals surface area contributed by atoms with Gasteiger partial charge in [-0.25, -0.2) is 0 Å². The van der Waals surface area contributed by atoms with E-state index in [1.807, 2.05) is 0 Å². The minimum Gasteiger partial charge on any atom is -0.386 e. The minimum absolute atomic E-state index is 0.375. The molecule has 1 heteroatoms. The summed E-state index contributed by atoms with van der Waals surface area (Å²) in [5.41, 5.74) is -0.604. The predicted molar refractivity (Wildman–Crippen MR) is 56.5 cm³/mol. The van der Waals surface area contributed by atoms with Gasteiger partial charge in [0.15, 0.2) is 0 Å². The molecule has 13 heavy (non-hydrogen) atoms. The molecule has 0 spiro atoms. The van der Waals surface area contributed by atoms with E-state index in [4.69, 9.17) is 0 Å². The van der Waals surface area contributed by atoms with Crippen LogP contribution < -0.4 is 0 Å². The Labute approximate surface area is 81.9 Å². The highest BCUT2D eigenvalue weighted by Crippen LogP contribution is 2.40. The molecular weight excluding hydrogens is 160 g/mol. The molecule has 0 aromatic heterocycles. The van der Waals surface area contributed by atoms with Gasteiger partial charge in [-0.05, 0) is 37.0 Å². The molecule has 1 aliphatic rings. The Hall–Kier alpha value is -0.300. The highest BCUT2D eigenvalue weighted by Gasteiger charge is 2.38. The van der Waals surface area contributed by atoms with Gasteiger partial charge in [0.2, 0.25) is 0 Å². The monoisotopic (exact) mass is 182 g/mol. The van der Waals surface area contributed by atoms with Gasteiger partial charge in [0.25, 0.3) is 0 Å². The Bertz CT molecular complexity index is 186. The maximum Gasteiger partial charge on any atom is 0.0853 e. The SMILES string of the molecule is C=C[C@@]1(O)C[C@@H](C(C)C)CC[C@@H]1C. The Morgan fingerprint density at radius 2 is 2.08 bits per heavy atom. The summed E-state index contributed by atoms with van der Waals surface area (Å²) < 4.78 is 0. The quantitative estimate of drug-likeness (QED) is 0.651. The lowest BCUT2D eigenvalue weighted by atomic mass is 9.68. The molecule has 1 rings (SSSR count). The van der Waals surface area contributed by atoms with E-state index in [1.165, 1.54) is 6.42 Å². The summed E-state index contributed by atoms with van der Waals surface area (Å²) in [5, 5.41) is 10.2. The van der Waals surface area contributed by atoms with Crippen LogP contribution in [0.2, 0.25) is 0 Å². The van der Waals surface area contributed by atoms with Gasteiger partial charge < -0.3 is 5.11 Å². The molecule has 76 valence electrons. The van der Waals surface area contributed by atoms with E-state index in [0.717, 1.165) is 12.8 Å². The van der Waals surface area contributed by atoms with Crippen LogP contribution in [0.1, 0.15) is 40.0 Å². The van der Waals surface area contributed by atoms with Crippen LogP contribution in [0, 0.1) is 17.8 Å². The van der Waals surface area contributed by atoms with E-state index in [2.05, 4.69) is 27.4 Å². The second-order valence-electron chi connectivity index (χ2n) is 4.88. The molecule has 0 aliphatic heterocycles. The lowest BCUT2D eigenvalue weighted by molar-refractivity contribution is -0.0260. The zero-order valence-corrected chi connectivity index (χ0v) is 9.09. The molecule has 1 fully saturated rings. The summed E-state index contributed by atoms with van der Waals surface area (Å²) in [6, 6.07) is 0. The molecule has 1 aliphatic carbocycles. The summed E-state index contributed by atoms with van der Waals surface area (Å²) >= 11 is 0. The zero-order valence-electron chi connectivity index (χ0n) is 9.09. The van der Waals surface area contributed by atoms with Crippen LogP contribution in [0.5, 0.6) is 0 Å². The van der Waals surface area contributed by atoms with E-state index in [0.29, 0.717) is 17.8 Å². The van der Waals surface area contributed by atoms with Gasteiger partial charge in [0.1, 0.15) is 0 Å². The molecule has 0 radical (unpaired) electrons. The molecule has 1 nitrogen and oxygen atoms in total. The lowest BCUT2D eigenvalue weighted by Gasteiger charge is -2.41. The minimum atomic E-state index is -0.604. The normalized spacial score (nSPS) is 40.7. The third-order valence-electron chi connectivity index (χ3n) is 3.71. The number of rotatable bonds is 2. The van der Waals surface area contributed by atoms with Crippen molar-refractivity contribution in [3.8, 4) is 0 Å². The molecular formula is C12H22O. The van der Waals surface area contributed by atoms with E-state index in [1.54, 1.807) is 6.08 Å². The molecule has 0 bridgehead atoms. The summed E-state index contributed by atoms with van der Waals surface area (Å²) in [5.74, 6) is 1.72. The van der Waals surface area contributed by atoms with Crippen molar-refractivity contribution >= 4 is 0 Å². The van der Waals surface area contributed by atoms with Gasteiger partial charge in [-0.15, -0.1) is 6.58 Å². The second-order valence-corrected chi connectivity index (χ2v) is 4.88. The zero-order chi connectivity index (χ0) is 10.1. The third kappa shape index (κ3) is 2.14. The Morgan fingerprint density at radius 1 is 1.46 bits per heavy atom. The topological polar surface area (TPSA) is 20.2 Å². The molecule has 0 aromatic carbocycles. The maximum absolute atomic E-state index is 10.2. The average molecular weight is 182 g/mol. The van der Waals surface area contributed by atoms with Gasteiger partial charge >= 0.3 is 0 Å². The third-order valence-corrected chi connectivity index (χ3v) is 3.71. The van der Waals surface area contributed by atoms with Crippen LogP contribution >= 0.6 is 0 Å². The standard InChI is InChI=1S/C12H22O/c1-5-12(13)8-11(9(2)3)7-6-10(12)4/h5,9-11,13H,1,6-8H2,2-4H3/t10-,11-,12+/m0/s1. The van der Waals surface area contributed by atoms with Crippen LogP contribution in [0.3, 0.4) is 0 Å². The molecule has 0 amide bonds. The van der Waals surface area contributed by atoms with E-state index >= 15 is 0 Å². The van der Waals surface area contributed by atoms with Gasteiger partial charge in [0, 0.05) is 0 Å². The lowest BCUT2D eigenvalue weighted by Crippen LogP contribution is -2.41. The van der Waals surface area contributed by atoms with E-state index < -0.39 is 5.60 Å². The number of hydrogen-bond acceptors (Lipinski definition) is 1. The largest absolute Gasteiger partial charge is 0.386 e. The molecule has 0 heterocycles. The highest BCUT2D eigenvalue weighted by molar-refractivity contribution is 5.03. The predicted octanol–water partition coefficient (Wildman–Crippen LogP) is 3.00. The number of aliphatic hydroxyl groups is 1. The first-order chi connectivity index (χ1) is 5.99. The first kappa shape index (κ1) is 10.8. The Kier molecular flexibility index (Phi) is 3.18. The summed E-state index contributed by atoms with van der Waals surface area (Å²) in [7, 11) is 0. The Balaban J connectivity index is 2.68. The summed E-state index contributed by atoms with van der Waals surface area (Å²) in [6.07, 6.45) is 5.03. The molecule has 0 saturated heterocycles. The van der Waals surface area contributed by atoms with Crippen molar-refractivity contribution in [1.29, 1.82) is 0 Å². The van der Waals surface area contributed by atoms with E-state index in [-0.39, 0.29) is 0 Å². The Morgan fingerprint density at radius 3 is 2.54 bits per heavy atom. The first-order valence-corrected chi connectivity index (χ1v) is 5.35. The van der Waals surface area contributed by atoms with Crippen molar-refractivity contribution in [1.82, 2.24) is 0 Å². The number of hydrogen-bond donors (Lipinski definition) is 1. The van der Waals surface area contributed by atoms with Gasteiger partial charge in [-0.2, -0.15) is 0 Å². The molecule has 1 saturated carbocycles. The van der Waals surface area contributed by atoms with Gasteiger partial charge in [-0.1, -0.05) is 26.8 Å². The molecule has 3 atom stereocenters. The second kappa shape index (κ2) is 3.83. The first-order valence-electron chi connectivity index (χ1n) is 5.35. The summed E-state index contributed by atoms with van der Waals surface area (Å²) in [6.45, 7) is 10.4. The van der Waals surface area contributed by atoms with Crippen LogP contribution in [0.15, 0.2) is 12.7 Å².